The van der Waals surface area contributed by atoms with Gasteiger partial charge in [-0.2, -0.15) is 0 Å². The van der Waals surface area contributed by atoms with Gasteiger partial charge in [-0.25, -0.2) is 17.2 Å². The Morgan fingerprint density at radius 1 is 1.53 bits per heavy atom. The van der Waals surface area contributed by atoms with Crippen molar-refractivity contribution in [1.29, 1.82) is 0 Å². The number of hydrogen-bond acceptors (Lipinski definition) is 5. The molecule has 6 nitrogen and oxygen atoms in total. The summed E-state index contributed by atoms with van der Waals surface area (Å²) in [5.41, 5.74) is -0.800. The van der Waals surface area contributed by atoms with Crippen molar-refractivity contribution >= 4 is 48.1 Å². The summed E-state index contributed by atoms with van der Waals surface area (Å²) in [4.78, 5) is 12.5. The molecule has 0 amide bonds. The van der Waals surface area contributed by atoms with Crippen LogP contribution in [0, 0.1) is 13.7 Å². The number of nitro groups is 1. The first kappa shape index (κ1) is 14.4. The molecule has 0 aromatic carbocycles. The third-order valence-corrected chi connectivity index (χ3v) is 4.29. The zero-order valence-electron chi connectivity index (χ0n) is 7.60. The molecule has 0 aliphatic carbocycles. The first-order valence-electron chi connectivity index (χ1n) is 3.72. The van der Waals surface area contributed by atoms with Gasteiger partial charge >= 0.3 is 14.9 Å². The molecule has 0 atom stereocenters. The van der Waals surface area contributed by atoms with Crippen molar-refractivity contribution in [2.24, 2.45) is 0 Å². The van der Waals surface area contributed by atoms with E-state index in [0.717, 1.165) is 0 Å². The lowest BCUT2D eigenvalue weighted by molar-refractivity contribution is -0.390. The number of alkyl halides is 2. The van der Waals surface area contributed by atoms with Gasteiger partial charge in [-0.3, -0.25) is 0 Å². The van der Waals surface area contributed by atoms with Crippen molar-refractivity contribution in [1.82, 2.24) is 4.98 Å². The molecule has 1 aromatic rings. The Morgan fingerprint density at radius 3 is 2.41 bits per heavy atom. The molecule has 1 heterocycles. The molecule has 0 unspecified atom stereocenters. The average Bonchev–Trinajstić information content (AvgIpc) is 2.15. The fourth-order valence-electron chi connectivity index (χ4n) is 0.925. The van der Waals surface area contributed by atoms with E-state index >= 15 is 0 Å². The first-order chi connectivity index (χ1) is 7.64. The molecule has 0 aliphatic heterocycles. The quantitative estimate of drug-likeness (QED) is 0.338. The van der Waals surface area contributed by atoms with Crippen LogP contribution in [-0.4, -0.2) is 18.3 Å². The number of halogens is 4. The van der Waals surface area contributed by atoms with Crippen LogP contribution >= 0.6 is 33.3 Å². The minimum Gasteiger partial charge on any atom is -0.358 e. The molecule has 11 heteroatoms. The molecule has 0 saturated heterocycles. The Kier molecular flexibility index (Phi) is 4.19. The van der Waals surface area contributed by atoms with Gasteiger partial charge in [0, 0.05) is 22.3 Å². The van der Waals surface area contributed by atoms with Crippen molar-refractivity contribution in [3.05, 3.63) is 25.3 Å². The van der Waals surface area contributed by atoms with Crippen molar-refractivity contribution in [3.63, 3.8) is 0 Å². The molecule has 0 aliphatic rings. The normalized spacial score (nSPS) is 11.8. The van der Waals surface area contributed by atoms with Gasteiger partial charge in [0.15, 0.2) is 0 Å². The Morgan fingerprint density at radius 2 is 2.06 bits per heavy atom. The van der Waals surface area contributed by atoms with E-state index in [1.54, 1.807) is 0 Å². The van der Waals surface area contributed by atoms with Gasteiger partial charge in [-0.05, 0) is 32.5 Å². The maximum Gasteiger partial charge on any atom is 0.365 e. The second-order valence-electron chi connectivity index (χ2n) is 2.68. The fourth-order valence-corrected chi connectivity index (χ4v) is 3.57. The minimum atomic E-state index is -4.43. The van der Waals surface area contributed by atoms with E-state index in [2.05, 4.69) is 4.98 Å². The van der Waals surface area contributed by atoms with E-state index in [-0.39, 0.29) is 0 Å². The van der Waals surface area contributed by atoms with E-state index in [0.29, 0.717) is 6.07 Å². The predicted molar refractivity (Wildman–Crippen MR) is 61.6 cm³/mol. The lowest BCUT2D eigenvalue weighted by Gasteiger charge is -2.04. The van der Waals surface area contributed by atoms with Crippen LogP contribution in [-0.2, 0) is 9.05 Å². The standard InChI is InChI=1S/C6H2ClF2IN2O4S/c7-17(15,16)6-4(10)2(5(8)9)1-3(11-6)12(13)14/h1,5H. The SMILES string of the molecule is O=[N+]([O-])c1cc(C(F)F)c(I)c(S(=O)(=O)Cl)n1. The van der Waals surface area contributed by atoms with E-state index < -0.39 is 40.4 Å². The highest BCUT2D eigenvalue weighted by atomic mass is 127. The van der Waals surface area contributed by atoms with Gasteiger partial charge in [0.2, 0.25) is 0 Å². The lowest BCUT2D eigenvalue weighted by Crippen LogP contribution is -2.06. The molecule has 0 saturated carbocycles. The molecular weight excluding hydrogens is 396 g/mol. The summed E-state index contributed by atoms with van der Waals surface area (Å²) in [7, 11) is 0.525. The van der Waals surface area contributed by atoms with Crippen molar-refractivity contribution in [2.45, 2.75) is 11.5 Å². The Balaban J connectivity index is 3.67. The third-order valence-electron chi connectivity index (χ3n) is 1.60. The van der Waals surface area contributed by atoms with Gasteiger partial charge in [-0.15, -0.1) is 0 Å². The van der Waals surface area contributed by atoms with Crippen molar-refractivity contribution < 1.29 is 22.1 Å². The summed E-state index contributed by atoms with van der Waals surface area (Å²) in [6.45, 7) is 0. The molecule has 0 N–H and O–H groups in total. The second kappa shape index (κ2) is 4.94. The van der Waals surface area contributed by atoms with Gasteiger partial charge in [0.05, 0.1) is 3.57 Å². The van der Waals surface area contributed by atoms with E-state index in [9.17, 15) is 27.3 Å². The maximum absolute atomic E-state index is 12.5. The zero-order chi connectivity index (χ0) is 13.4. The van der Waals surface area contributed by atoms with E-state index in [1.807, 2.05) is 0 Å². The molecule has 0 bridgehead atoms. The highest BCUT2D eigenvalue weighted by Gasteiger charge is 2.30. The first-order valence-corrected chi connectivity index (χ1v) is 7.11. The fraction of sp³-hybridized carbons (Fsp3) is 0.167. The third kappa shape index (κ3) is 3.19. The van der Waals surface area contributed by atoms with Crippen LogP contribution < -0.4 is 0 Å². The topological polar surface area (TPSA) is 90.2 Å². The summed E-state index contributed by atoms with van der Waals surface area (Å²) in [6, 6.07) is 0.512. The molecule has 94 valence electrons. The number of hydrogen-bond donors (Lipinski definition) is 0. The summed E-state index contributed by atoms with van der Waals surface area (Å²) >= 11 is 1.29. The second-order valence-corrected chi connectivity index (χ2v) is 6.24. The Hall–Kier alpha value is -0.620. The maximum atomic E-state index is 12.5. The van der Waals surface area contributed by atoms with E-state index in [4.69, 9.17) is 10.7 Å². The Bertz CT molecular complexity index is 580. The Labute approximate surface area is 112 Å². The van der Waals surface area contributed by atoms with Crippen molar-refractivity contribution in [3.8, 4) is 0 Å². The van der Waals surface area contributed by atoms with Gasteiger partial charge < -0.3 is 10.1 Å². The summed E-state index contributed by atoms with van der Waals surface area (Å²) in [5.74, 6) is -1.00. The molecule has 17 heavy (non-hydrogen) atoms. The summed E-state index contributed by atoms with van der Waals surface area (Å²) < 4.78 is 46.7. The van der Waals surface area contributed by atoms with Crippen LogP contribution in [0.15, 0.2) is 11.1 Å². The number of aromatic nitrogens is 1. The zero-order valence-corrected chi connectivity index (χ0v) is 11.3. The summed E-state index contributed by atoms with van der Waals surface area (Å²) in [5, 5.41) is 9.48. The molecule has 0 radical (unpaired) electrons. The highest BCUT2D eigenvalue weighted by Crippen LogP contribution is 2.32. The van der Waals surface area contributed by atoms with Gasteiger partial charge in [0.1, 0.15) is 0 Å². The van der Waals surface area contributed by atoms with Gasteiger partial charge in [-0.1, -0.05) is 0 Å². The molecular formula is C6H2ClF2IN2O4S. The van der Waals surface area contributed by atoms with Crippen LogP contribution in [0.1, 0.15) is 12.0 Å². The van der Waals surface area contributed by atoms with Crippen molar-refractivity contribution in [2.75, 3.05) is 0 Å². The number of rotatable bonds is 3. The molecule has 0 spiro atoms. The summed E-state index contributed by atoms with van der Waals surface area (Å²) in [6.07, 6.45) is -3.07. The molecule has 1 aromatic heterocycles. The minimum absolute atomic E-state index is 0.432. The monoisotopic (exact) mass is 398 g/mol. The van der Waals surface area contributed by atoms with Gasteiger partial charge in [0.25, 0.3) is 11.5 Å². The smallest absolute Gasteiger partial charge is 0.358 e. The highest BCUT2D eigenvalue weighted by molar-refractivity contribution is 14.1. The number of pyridine rings is 1. The van der Waals surface area contributed by atoms with Crippen LogP contribution in [0.25, 0.3) is 0 Å². The molecule has 0 fully saturated rings. The average molecular weight is 399 g/mol. The van der Waals surface area contributed by atoms with Crippen LogP contribution in [0.4, 0.5) is 14.6 Å². The van der Waals surface area contributed by atoms with Crippen LogP contribution in [0.5, 0.6) is 0 Å². The largest absolute Gasteiger partial charge is 0.365 e. The lowest BCUT2D eigenvalue weighted by atomic mass is 10.3. The van der Waals surface area contributed by atoms with Crippen LogP contribution in [0.2, 0.25) is 0 Å². The predicted octanol–water partition coefficient (Wildman–Crippen LogP) is 2.46. The molecule has 1 rings (SSSR count). The van der Waals surface area contributed by atoms with E-state index in [1.165, 1.54) is 22.6 Å². The van der Waals surface area contributed by atoms with Crippen LogP contribution in [0.3, 0.4) is 0 Å². The number of nitrogens with zero attached hydrogens (tertiary/aromatic N) is 2.